The first-order valence-corrected chi connectivity index (χ1v) is 7.62. The Balaban J connectivity index is 2.34. The molecule has 1 aromatic carbocycles. The molecule has 0 saturated carbocycles. The number of esters is 1. The fourth-order valence-electron chi connectivity index (χ4n) is 2.74. The third kappa shape index (κ3) is 3.20. The van der Waals surface area contributed by atoms with E-state index in [4.69, 9.17) is 9.47 Å². The maximum atomic E-state index is 12.4. The van der Waals surface area contributed by atoms with Gasteiger partial charge in [-0.2, -0.15) is 5.26 Å². The van der Waals surface area contributed by atoms with E-state index < -0.39 is 17.6 Å². The molecular formula is C17H20N2O4. The largest absolute Gasteiger partial charge is 0.465 e. The van der Waals surface area contributed by atoms with Crippen molar-refractivity contribution in [3.63, 3.8) is 0 Å². The summed E-state index contributed by atoms with van der Waals surface area (Å²) in [5.74, 6) is -0.994. The molecule has 6 nitrogen and oxygen atoms in total. The number of amides is 1. The van der Waals surface area contributed by atoms with Crippen LogP contribution in [-0.4, -0.2) is 36.2 Å². The van der Waals surface area contributed by atoms with E-state index in [-0.39, 0.29) is 32.1 Å². The number of carbonyl (C=O) groups excluding carboxylic acids is 2. The number of benzene rings is 1. The second-order valence-corrected chi connectivity index (χ2v) is 5.30. The van der Waals surface area contributed by atoms with Gasteiger partial charge in [-0.15, -0.1) is 0 Å². The van der Waals surface area contributed by atoms with Crippen molar-refractivity contribution < 1.29 is 19.1 Å². The van der Waals surface area contributed by atoms with Gasteiger partial charge in [0, 0.05) is 13.2 Å². The zero-order valence-electron chi connectivity index (χ0n) is 13.3. The van der Waals surface area contributed by atoms with Crippen LogP contribution >= 0.6 is 0 Å². The lowest BCUT2D eigenvalue weighted by molar-refractivity contribution is -0.165. The predicted octanol–water partition coefficient (Wildman–Crippen LogP) is 1.85. The molecule has 1 heterocycles. The Kier molecular flexibility index (Phi) is 5.35. The lowest BCUT2D eigenvalue weighted by Crippen LogP contribution is -2.46. The Morgan fingerprint density at radius 1 is 1.35 bits per heavy atom. The normalized spacial score (nSPS) is 23.6. The average molecular weight is 316 g/mol. The second kappa shape index (κ2) is 7.25. The van der Waals surface area contributed by atoms with Crippen LogP contribution in [0.1, 0.15) is 25.8 Å². The summed E-state index contributed by atoms with van der Waals surface area (Å²) in [7, 11) is 0. The summed E-state index contributed by atoms with van der Waals surface area (Å²) in [5, 5.41) is 9.60. The molecule has 0 bridgehead atoms. The summed E-state index contributed by atoms with van der Waals surface area (Å²) >= 11 is 0. The highest BCUT2D eigenvalue weighted by molar-refractivity contribution is 5.92. The number of hydrogen-bond donors (Lipinski definition) is 0. The molecule has 1 fully saturated rings. The molecule has 1 aliphatic rings. The molecule has 1 aliphatic heterocycles. The molecule has 2 rings (SSSR count). The third-order valence-electron chi connectivity index (χ3n) is 3.81. The van der Waals surface area contributed by atoms with E-state index in [2.05, 4.69) is 0 Å². The van der Waals surface area contributed by atoms with Gasteiger partial charge in [-0.05, 0) is 19.4 Å². The Bertz CT molecular complexity index is 611. The first-order chi connectivity index (χ1) is 11.1. The van der Waals surface area contributed by atoms with Gasteiger partial charge >= 0.3 is 5.97 Å². The minimum Gasteiger partial charge on any atom is -0.465 e. The minimum atomic E-state index is -1.61. The lowest BCUT2D eigenvalue weighted by atomic mass is 9.87. The smallest absolute Gasteiger partial charge is 0.331 e. The molecule has 2 atom stereocenters. The van der Waals surface area contributed by atoms with Gasteiger partial charge in [-0.3, -0.25) is 9.59 Å². The van der Waals surface area contributed by atoms with Gasteiger partial charge in [-0.25, -0.2) is 0 Å². The van der Waals surface area contributed by atoms with Crippen molar-refractivity contribution in [2.24, 2.45) is 5.41 Å². The molecule has 6 heteroatoms. The van der Waals surface area contributed by atoms with Crippen LogP contribution in [0.25, 0.3) is 0 Å². The summed E-state index contributed by atoms with van der Waals surface area (Å²) in [6.07, 6.45) is -1.16. The van der Waals surface area contributed by atoms with Crippen molar-refractivity contribution in [2.45, 2.75) is 33.0 Å². The molecule has 0 radical (unpaired) electrons. The van der Waals surface area contributed by atoms with Crippen LogP contribution in [-0.2, 0) is 25.6 Å². The summed E-state index contributed by atoms with van der Waals surface area (Å²) in [6, 6.07) is 11.4. The fourth-order valence-corrected chi connectivity index (χ4v) is 2.74. The van der Waals surface area contributed by atoms with Crippen molar-refractivity contribution in [2.75, 3.05) is 13.2 Å². The maximum Gasteiger partial charge on any atom is 0.331 e. The monoisotopic (exact) mass is 316 g/mol. The van der Waals surface area contributed by atoms with Crippen molar-refractivity contribution in [3.05, 3.63) is 35.9 Å². The van der Waals surface area contributed by atoms with E-state index >= 15 is 0 Å². The summed E-state index contributed by atoms with van der Waals surface area (Å²) in [4.78, 5) is 26.2. The Hall–Kier alpha value is -2.39. The van der Waals surface area contributed by atoms with E-state index in [1.54, 1.807) is 13.8 Å². The number of likely N-dealkylation sites (tertiary alicyclic amines) is 1. The van der Waals surface area contributed by atoms with Crippen LogP contribution in [0.4, 0.5) is 0 Å². The van der Waals surface area contributed by atoms with Gasteiger partial charge in [0.2, 0.25) is 11.3 Å². The molecule has 1 amide bonds. The number of nitrogens with zero attached hydrogens (tertiary/aromatic N) is 2. The van der Waals surface area contributed by atoms with Crippen LogP contribution < -0.4 is 0 Å². The topological polar surface area (TPSA) is 79.6 Å². The standard InChI is InChI=1S/C17H20N2O4/c1-3-22-15-17(12-18,16(21)23-4-2)10-14(20)19(15)11-13-8-6-5-7-9-13/h5-9,15H,3-4,10-11H2,1-2H3/t15-,17-/m1/s1. The molecule has 23 heavy (non-hydrogen) atoms. The van der Waals surface area contributed by atoms with Gasteiger partial charge < -0.3 is 14.4 Å². The second-order valence-electron chi connectivity index (χ2n) is 5.30. The molecule has 0 unspecified atom stereocenters. The highest BCUT2D eigenvalue weighted by Gasteiger charge is 2.59. The highest BCUT2D eigenvalue weighted by atomic mass is 16.5. The van der Waals surface area contributed by atoms with Crippen molar-refractivity contribution in [3.8, 4) is 6.07 Å². The van der Waals surface area contributed by atoms with Crippen molar-refractivity contribution in [1.29, 1.82) is 5.26 Å². The molecule has 1 aromatic rings. The van der Waals surface area contributed by atoms with Crippen molar-refractivity contribution in [1.82, 2.24) is 4.90 Å². The first-order valence-electron chi connectivity index (χ1n) is 7.62. The van der Waals surface area contributed by atoms with Crippen molar-refractivity contribution >= 4 is 11.9 Å². The zero-order chi connectivity index (χ0) is 16.9. The summed E-state index contributed by atoms with van der Waals surface area (Å²) < 4.78 is 10.6. The fraction of sp³-hybridized carbons (Fsp3) is 0.471. The number of rotatable bonds is 6. The Morgan fingerprint density at radius 3 is 2.61 bits per heavy atom. The molecule has 0 N–H and O–H groups in total. The quantitative estimate of drug-likeness (QED) is 0.748. The van der Waals surface area contributed by atoms with Gasteiger partial charge in [-0.1, -0.05) is 30.3 Å². The van der Waals surface area contributed by atoms with Crippen LogP contribution in [0, 0.1) is 16.7 Å². The number of ether oxygens (including phenoxy) is 2. The number of nitriles is 1. The molecule has 122 valence electrons. The Labute approximate surface area is 135 Å². The van der Waals surface area contributed by atoms with E-state index in [1.165, 1.54) is 4.90 Å². The third-order valence-corrected chi connectivity index (χ3v) is 3.81. The highest BCUT2D eigenvalue weighted by Crippen LogP contribution is 2.40. The summed E-state index contributed by atoms with van der Waals surface area (Å²) in [5.41, 5.74) is -0.708. The summed E-state index contributed by atoms with van der Waals surface area (Å²) in [6.45, 7) is 4.14. The van der Waals surface area contributed by atoms with Gasteiger partial charge in [0.05, 0.1) is 19.1 Å². The van der Waals surface area contributed by atoms with Gasteiger partial charge in [0.25, 0.3) is 0 Å². The average Bonchev–Trinajstić information content (AvgIpc) is 2.83. The van der Waals surface area contributed by atoms with E-state index in [0.29, 0.717) is 0 Å². The predicted molar refractivity (Wildman–Crippen MR) is 81.7 cm³/mol. The van der Waals surface area contributed by atoms with Crippen LogP contribution in [0.15, 0.2) is 30.3 Å². The van der Waals surface area contributed by atoms with Crippen LogP contribution in [0.3, 0.4) is 0 Å². The number of carbonyl (C=O) groups is 2. The van der Waals surface area contributed by atoms with E-state index in [1.807, 2.05) is 36.4 Å². The first kappa shape index (κ1) is 17.0. The molecular weight excluding hydrogens is 296 g/mol. The van der Waals surface area contributed by atoms with E-state index in [0.717, 1.165) is 5.56 Å². The SMILES string of the molecule is CCOC(=O)[C@@]1(C#N)CC(=O)N(Cc2ccccc2)[C@@H]1OCC. The lowest BCUT2D eigenvalue weighted by Gasteiger charge is -2.30. The zero-order valence-corrected chi connectivity index (χ0v) is 13.3. The van der Waals surface area contributed by atoms with Gasteiger partial charge in [0.1, 0.15) is 0 Å². The minimum absolute atomic E-state index is 0.147. The van der Waals surface area contributed by atoms with Crippen LogP contribution in [0.5, 0.6) is 0 Å². The molecule has 0 aromatic heterocycles. The van der Waals surface area contributed by atoms with E-state index in [9.17, 15) is 14.9 Å². The molecule has 0 spiro atoms. The molecule has 1 saturated heterocycles. The van der Waals surface area contributed by atoms with Crippen LogP contribution in [0.2, 0.25) is 0 Å². The Morgan fingerprint density at radius 2 is 2.04 bits per heavy atom. The number of hydrogen-bond acceptors (Lipinski definition) is 5. The maximum absolute atomic E-state index is 12.4. The molecule has 0 aliphatic carbocycles. The van der Waals surface area contributed by atoms with Gasteiger partial charge in [0.15, 0.2) is 6.23 Å².